The van der Waals surface area contributed by atoms with Crippen LogP contribution >= 0.6 is 0 Å². The van der Waals surface area contributed by atoms with Crippen LogP contribution in [0.3, 0.4) is 0 Å². The van der Waals surface area contributed by atoms with E-state index in [0.29, 0.717) is 0 Å². The van der Waals surface area contributed by atoms with E-state index >= 15 is 0 Å². The lowest BCUT2D eigenvalue weighted by atomic mass is 9.68. The van der Waals surface area contributed by atoms with E-state index in [2.05, 4.69) is 241 Å². The molecule has 0 spiro atoms. The molecule has 1 heterocycles. The van der Waals surface area contributed by atoms with Crippen molar-refractivity contribution in [2.75, 3.05) is 4.90 Å². The number of furan rings is 1. The molecule has 10 aromatic carbocycles. The predicted octanol–water partition coefficient (Wildman–Crippen LogP) is 16.4. The van der Waals surface area contributed by atoms with Crippen LogP contribution in [0.15, 0.2) is 253 Å². The molecule has 0 saturated heterocycles. The minimum absolute atomic E-state index is 0.547. The van der Waals surface area contributed by atoms with Gasteiger partial charge in [-0.3, -0.25) is 0 Å². The minimum atomic E-state index is -0.547. The molecule has 0 aliphatic heterocycles. The van der Waals surface area contributed by atoms with E-state index in [1.807, 2.05) is 12.1 Å². The van der Waals surface area contributed by atoms with E-state index in [4.69, 9.17) is 4.42 Å². The second-order valence-electron chi connectivity index (χ2n) is 16.3. The molecule has 1 aliphatic rings. The lowest BCUT2D eigenvalue weighted by Crippen LogP contribution is -2.28. The summed E-state index contributed by atoms with van der Waals surface area (Å²) in [7, 11) is 0. The van der Waals surface area contributed by atoms with Crippen LogP contribution in [0.25, 0.3) is 66.4 Å². The first-order chi connectivity index (χ1) is 31.3. The molecular weight excluding hydrogens is 763 g/mol. The molecule has 2 heteroatoms. The molecular formula is C61H41NO. The topological polar surface area (TPSA) is 16.4 Å². The Morgan fingerprint density at radius 3 is 1.48 bits per heavy atom. The summed E-state index contributed by atoms with van der Waals surface area (Å²) in [6.07, 6.45) is 0. The molecule has 11 aromatic rings. The van der Waals surface area contributed by atoms with Gasteiger partial charge in [0.25, 0.3) is 0 Å². The van der Waals surface area contributed by atoms with Crippen LogP contribution in [-0.2, 0) is 5.41 Å². The zero-order valence-corrected chi connectivity index (χ0v) is 34.5. The molecule has 0 radical (unpaired) electrons. The fourth-order valence-corrected chi connectivity index (χ4v) is 10.2. The summed E-state index contributed by atoms with van der Waals surface area (Å²) in [5, 5.41) is 2.24. The maximum absolute atomic E-state index is 6.50. The van der Waals surface area contributed by atoms with Gasteiger partial charge in [-0.25, -0.2) is 0 Å². The molecule has 0 amide bonds. The molecule has 0 bridgehead atoms. The van der Waals surface area contributed by atoms with Gasteiger partial charge in [0, 0.05) is 27.5 Å². The molecule has 63 heavy (non-hydrogen) atoms. The summed E-state index contributed by atoms with van der Waals surface area (Å²) in [5.74, 6) is 0. The zero-order chi connectivity index (χ0) is 41.7. The van der Waals surface area contributed by atoms with E-state index in [1.165, 1.54) is 44.5 Å². The highest BCUT2D eigenvalue weighted by Gasteiger charge is 2.47. The zero-order valence-electron chi connectivity index (χ0n) is 34.5. The van der Waals surface area contributed by atoms with Crippen molar-refractivity contribution >= 4 is 39.0 Å². The third-order valence-electron chi connectivity index (χ3n) is 13.0. The smallest absolute Gasteiger partial charge is 0.136 e. The Hall–Kier alpha value is -8.20. The molecule has 1 aliphatic carbocycles. The quantitative estimate of drug-likeness (QED) is 0.152. The Kier molecular flexibility index (Phi) is 8.76. The standard InChI is InChI=1S/C61H41NO/c1-4-19-42(20-5-1)43-35-37-44(38-36-43)48-25-11-15-31-55(48)62(56-32-16-12-26-49(56)45-39-40-51-50-27-13-17-34-58(50)63-59(51)41-45)57-33-18-30-54-60(57)52-28-10-14-29-53(52)61(54,46-21-6-2-7-22-46)47-23-8-3-9-24-47/h1-41H. The highest BCUT2D eigenvalue weighted by molar-refractivity contribution is 6.07. The van der Waals surface area contributed by atoms with Crippen molar-refractivity contribution in [1.82, 2.24) is 0 Å². The van der Waals surface area contributed by atoms with Gasteiger partial charge < -0.3 is 9.32 Å². The lowest BCUT2D eigenvalue weighted by Gasteiger charge is -2.35. The van der Waals surface area contributed by atoms with Crippen molar-refractivity contribution < 1.29 is 4.42 Å². The van der Waals surface area contributed by atoms with Crippen LogP contribution in [0.2, 0.25) is 0 Å². The Bertz CT molecular complexity index is 3400. The molecule has 1 aromatic heterocycles. The van der Waals surface area contributed by atoms with E-state index in [9.17, 15) is 0 Å². The van der Waals surface area contributed by atoms with Crippen molar-refractivity contribution in [1.29, 1.82) is 0 Å². The van der Waals surface area contributed by atoms with Gasteiger partial charge in [0.1, 0.15) is 11.2 Å². The van der Waals surface area contributed by atoms with Crippen LogP contribution in [-0.4, -0.2) is 0 Å². The summed E-state index contributed by atoms with van der Waals surface area (Å²) >= 11 is 0. The van der Waals surface area contributed by atoms with Crippen LogP contribution in [0.4, 0.5) is 17.1 Å². The number of para-hydroxylation sites is 3. The molecule has 296 valence electrons. The average Bonchev–Trinajstić information content (AvgIpc) is 3.89. The molecule has 12 rings (SSSR count). The van der Waals surface area contributed by atoms with Crippen molar-refractivity contribution in [2.45, 2.75) is 5.41 Å². The molecule has 2 nitrogen and oxygen atoms in total. The maximum atomic E-state index is 6.50. The van der Waals surface area contributed by atoms with E-state index in [0.717, 1.165) is 61.3 Å². The molecule has 0 N–H and O–H groups in total. The Morgan fingerprint density at radius 2 is 0.778 bits per heavy atom. The number of fused-ring (bicyclic) bond motifs is 6. The number of hydrogen-bond donors (Lipinski definition) is 0. The minimum Gasteiger partial charge on any atom is -0.456 e. The van der Waals surface area contributed by atoms with Gasteiger partial charge in [0.2, 0.25) is 0 Å². The number of hydrogen-bond acceptors (Lipinski definition) is 2. The Labute approximate surface area is 367 Å². The molecule has 0 atom stereocenters. The first-order valence-electron chi connectivity index (χ1n) is 21.7. The van der Waals surface area contributed by atoms with Gasteiger partial charge in [0.05, 0.1) is 22.5 Å². The second-order valence-corrected chi connectivity index (χ2v) is 16.3. The summed E-state index contributed by atoms with van der Waals surface area (Å²) in [6.45, 7) is 0. The normalized spacial score (nSPS) is 12.6. The number of anilines is 3. The van der Waals surface area contributed by atoms with Crippen molar-refractivity contribution in [2.24, 2.45) is 0 Å². The summed E-state index contributed by atoms with van der Waals surface area (Å²) in [4.78, 5) is 2.51. The Morgan fingerprint density at radius 1 is 0.302 bits per heavy atom. The number of benzene rings is 10. The first kappa shape index (κ1) is 36.6. The van der Waals surface area contributed by atoms with Crippen LogP contribution < -0.4 is 4.90 Å². The third kappa shape index (κ3) is 5.87. The van der Waals surface area contributed by atoms with Gasteiger partial charge in [0.15, 0.2) is 0 Å². The maximum Gasteiger partial charge on any atom is 0.136 e. The van der Waals surface area contributed by atoms with E-state index in [1.54, 1.807) is 0 Å². The second kappa shape index (κ2) is 15.1. The van der Waals surface area contributed by atoms with Gasteiger partial charge in [-0.05, 0) is 86.5 Å². The summed E-state index contributed by atoms with van der Waals surface area (Å²) < 4.78 is 6.50. The van der Waals surface area contributed by atoms with Crippen LogP contribution in [0, 0.1) is 0 Å². The first-order valence-corrected chi connectivity index (χ1v) is 21.7. The summed E-state index contributed by atoms with van der Waals surface area (Å²) in [5.41, 5.74) is 18.8. The van der Waals surface area contributed by atoms with Crippen molar-refractivity contribution in [3.05, 3.63) is 271 Å². The highest BCUT2D eigenvalue weighted by atomic mass is 16.3. The van der Waals surface area contributed by atoms with Crippen molar-refractivity contribution in [3.8, 4) is 44.5 Å². The van der Waals surface area contributed by atoms with Crippen LogP contribution in [0.1, 0.15) is 22.3 Å². The van der Waals surface area contributed by atoms with Crippen LogP contribution in [0.5, 0.6) is 0 Å². The summed E-state index contributed by atoms with van der Waals surface area (Å²) in [6, 6.07) is 90.3. The van der Waals surface area contributed by atoms with Crippen molar-refractivity contribution in [3.63, 3.8) is 0 Å². The molecule has 0 fully saturated rings. The van der Waals surface area contributed by atoms with Gasteiger partial charge in [-0.15, -0.1) is 0 Å². The van der Waals surface area contributed by atoms with Gasteiger partial charge in [-0.2, -0.15) is 0 Å². The third-order valence-corrected chi connectivity index (χ3v) is 13.0. The lowest BCUT2D eigenvalue weighted by molar-refractivity contribution is 0.669. The fourth-order valence-electron chi connectivity index (χ4n) is 10.2. The molecule has 0 unspecified atom stereocenters. The highest BCUT2D eigenvalue weighted by Crippen LogP contribution is 2.60. The number of nitrogens with zero attached hydrogens (tertiary/aromatic N) is 1. The van der Waals surface area contributed by atoms with E-state index in [-0.39, 0.29) is 0 Å². The predicted molar refractivity (Wildman–Crippen MR) is 262 cm³/mol. The van der Waals surface area contributed by atoms with Gasteiger partial charge in [-0.1, -0.05) is 212 Å². The SMILES string of the molecule is c1ccc(-c2ccc(-c3ccccc3N(c3ccccc3-c3ccc4c(c3)oc3ccccc34)c3cccc4c3-c3ccccc3C4(c3ccccc3)c3ccccc3)cc2)cc1. The average molecular weight is 804 g/mol. The Balaban J connectivity index is 1.14. The molecule has 0 saturated carbocycles. The number of rotatable bonds is 8. The largest absolute Gasteiger partial charge is 0.456 e. The monoisotopic (exact) mass is 803 g/mol. The van der Waals surface area contributed by atoms with Gasteiger partial charge >= 0.3 is 0 Å². The van der Waals surface area contributed by atoms with E-state index < -0.39 is 5.41 Å². The fraction of sp³-hybridized carbons (Fsp3) is 0.0164.